The summed E-state index contributed by atoms with van der Waals surface area (Å²) in [5, 5.41) is 4.21. The number of anilines is 2. The second-order valence-corrected chi connectivity index (χ2v) is 5.61. The first kappa shape index (κ1) is 12.4. The first-order chi connectivity index (χ1) is 8.29. The second kappa shape index (κ2) is 6.05. The van der Waals surface area contributed by atoms with E-state index in [1.807, 2.05) is 25.1 Å². The fourth-order valence-electron chi connectivity index (χ4n) is 1.96. The number of rotatable bonds is 5. The minimum atomic E-state index is 0.645. The maximum atomic E-state index is 5.84. The van der Waals surface area contributed by atoms with Crippen molar-refractivity contribution in [3.05, 3.63) is 18.2 Å². The summed E-state index contributed by atoms with van der Waals surface area (Å²) in [6, 6.07) is 5.89. The largest absolute Gasteiger partial charge is 0.492 e. The molecule has 1 saturated heterocycles. The standard InChI is InChI=1S/C13H20N2OS/c1-2-16-13-8-10(5-6-12(13)14)15-9-11-4-3-7-17-11/h5-6,8,11,15H,2-4,7,9,14H2,1H3. The van der Waals surface area contributed by atoms with E-state index in [0.29, 0.717) is 12.3 Å². The maximum Gasteiger partial charge on any atom is 0.144 e. The Labute approximate surface area is 107 Å². The summed E-state index contributed by atoms with van der Waals surface area (Å²) in [6.07, 6.45) is 2.67. The van der Waals surface area contributed by atoms with Crippen LogP contribution in [0, 0.1) is 0 Å². The lowest BCUT2D eigenvalue weighted by Gasteiger charge is -2.13. The summed E-state index contributed by atoms with van der Waals surface area (Å²) in [4.78, 5) is 0. The minimum Gasteiger partial charge on any atom is -0.492 e. The number of hydrogen-bond acceptors (Lipinski definition) is 4. The summed E-state index contributed by atoms with van der Waals surface area (Å²) < 4.78 is 5.48. The molecule has 1 fully saturated rings. The van der Waals surface area contributed by atoms with Gasteiger partial charge in [-0.05, 0) is 37.7 Å². The SMILES string of the molecule is CCOc1cc(NCC2CCCS2)ccc1N. The van der Waals surface area contributed by atoms with Crippen LogP contribution in [0.4, 0.5) is 11.4 Å². The van der Waals surface area contributed by atoms with Gasteiger partial charge in [-0.1, -0.05) is 0 Å². The van der Waals surface area contributed by atoms with Crippen molar-refractivity contribution in [2.24, 2.45) is 0 Å². The molecule has 2 rings (SSSR count). The van der Waals surface area contributed by atoms with Crippen LogP contribution in [0.15, 0.2) is 18.2 Å². The van der Waals surface area contributed by atoms with Gasteiger partial charge < -0.3 is 15.8 Å². The Kier molecular flexibility index (Phi) is 4.42. The highest BCUT2D eigenvalue weighted by Crippen LogP contribution is 2.28. The first-order valence-electron chi connectivity index (χ1n) is 6.17. The smallest absolute Gasteiger partial charge is 0.144 e. The van der Waals surface area contributed by atoms with Crippen LogP contribution in [0.25, 0.3) is 0 Å². The number of benzene rings is 1. The number of nitrogens with two attached hydrogens (primary N) is 1. The van der Waals surface area contributed by atoms with Crippen LogP contribution in [0.2, 0.25) is 0 Å². The molecule has 3 N–H and O–H groups in total. The van der Waals surface area contributed by atoms with Crippen molar-refractivity contribution in [2.45, 2.75) is 25.0 Å². The molecule has 3 nitrogen and oxygen atoms in total. The van der Waals surface area contributed by atoms with Crippen molar-refractivity contribution in [3.63, 3.8) is 0 Å². The van der Waals surface area contributed by atoms with Crippen molar-refractivity contribution in [1.82, 2.24) is 0 Å². The first-order valence-corrected chi connectivity index (χ1v) is 7.22. The molecule has 1 atom stereocenters. The van der Waals surface area contributed by atoms with Gasteiger partial charge in [0.2, 0.25) is 0 Å². The average Bonchev–Trinajstić information content (AvgIpc) is 2.83. The molecule has 17 heavy (non-hydrogen) atoms. The van der Waals surface area contributed by atoms with Gasteiger partial charge in [0.05, 0.1) is 12.3 Å². The van der Waals surface area contributed by atoms with Crippen LogP contribution < -0.4 is 15.8 Å². The average molecular weight is 252 g/mol. The van der Waals surface area contributed by atoms with Crippen LogP contribution in [0.1, 0.15) is 19.8 Å². The van der Waals surface area contributed by atoms with E-state index in [-0.39, 0.29) is 0 Å². The van der Waals surface area contributed by atoms with E-state index in [1.54, 1.807) is 0 Å². The highest BCUT2D eigenvalue weighted by molar-refractivity contribution is 8.00. The summed E-state index contributed by atoms with van der Waals surface area (Å²) in [6.45, 7) is 3.64. The summed E-state index contributed by atoms with van der Waals surface area (Å²) >= 11 is 2.06. The zero-order valence-corrected chi connectivity index (χ0v) is 11.1. The minimum absolute atomic E-state index is 0.645. The third kappa shape index (κ3) is 3.46. The lowest BCUT2D eigenvalue weighted by Crippen LogP contribution is -2.13. The number of nitrogens with one attached hydrogen (secondary N) is 1. The molecule has 0 amide bonds. The molecule has 1 heterocycles. The predicted octanol–water partition coefficient (Wildman–Crippen LogP) is 2.98. The second-order valence-electron chi connectivity index (χ2n) is 4.20. The number of thioether (sulfide) groups is 1. The van der Waals surface area contributed by atoms with Crippen LogP contribution in [0.5, 0.6) is 5.75 Å². The van der Waals surface area contributed by atoms with Crippen LogP contribution in [0.3, 0.4) is 0 Å². The summed E-state index contributed by atoms with van der Waals surface area (Å²) in [7, 11) is 0. The predicted molar refractivity (Wildman–Crippen MR) is 76.0 cm³/mol. The molecule has 1 aliphatic heterocycles. The van der Waals surface area contributed by atoms with Gasteiger partial charge in [-0.3, -0.25) is 0 Å². The molecule has 0 aromatic heterocycles. The monoisotopic (exact) mass is 252 g/mol. The van der Waals surface area contributed by atoms with E-state index in [0.717, 1.165) is 23.2 Å². The zero-order valence-electron chi connectivity index (χ0n) is 10.2. The highest BCUT2D eigenvalue weighted by atomic mass is 32.2. The third-order valence-corrected chi connectivity index (χ3v) is 4.27. The van der Waals surface area contributed by atoms with Crippen LogP contribution in [-0.4, -0.2) is 24.2 Å². The Balaban J connectivity index is 1.93. The Hall–Kier alpha value is -1.03. The molecule has 94 valence electrons. The fourth-order valence-corrected chi connectivity index (χ4v) is 3.16. The Morgan fingerprint density at radius 2 is 2.41 bits per heavy atom. The van der Waals surface area contributed by atoms with Gasteiger partial charge in [0, 0.05) is 23.5 Å². The molecule has 0 spiro atoms. The number of nitrogen functional groups attached to an aromatic ring is 1. The topological polar surface area (TPSA) is 47.3 Å². The zero-order chi connectivity index (χ0) is 12.1. The van der Waals surface area contributed by atoms with Crippen molar-refractivity contribution < 1.29 is 4.74 Å². The van der Waals surface area contributed by atoms with E-state index in [2.05, 4.69) is 17.1 Å². The van der Waals surface area contributed by atoms with Gasteiger partial charge in [0.15, 0.2) is 0 Å². The lowest BCUT2D eigenvalue weighted by molar-refractivity contribution is 0.342. The Morgan fingerprint density at radius 3 is 3.12 bits per heavy atom. The molecule has 0 radical (unpaired) electrons. The maximum absolute atomic E-state index is 5.84. The molecular weight excluding hydrogens is 232 g/mol. The molecule has 0 bridgehead atoms. The van der Waals surface area contributed by atoms with E-state index < -0.39 is 0 Å². The molecule has 1 aromatic carbocycles. The Bertz CT molecular complexity index is 364. The van der Waals surface area contributed by atoms with Gasteiger partial charge in [-0.15, -0.1) is 0 Å². The molecule has 1 unspecified atom stereocenters. The van der Waals surface area contributed by atoms with E-state index in [4.69, 9.17) is 10.5 Å². The molecule has 0 aliphatic carbocycles. The highest BCUT2D eigenvalue weighted by Gasteiger charge is 2.15. The Morgan fingerprint density at radius 1 is 1.53 bits per heavy atom. The quantitative estimate of drug-likeness (QED) is 0.791. The normalized spacial score (nSPS) is 19.2. The van der Waals surface area contributed by atoms with Crippen LogP contribution in [-0.2, 0) is 0 Å². The van der Waals surface area contributed by atoms with Gasteiger partial charge in [-0.2, -0.15) is 11.8 Å². The number of ether oxygens (including phenoxy) is 1. The summed E-state index contributed by atoms with van der Waals surface area (Å²) in [5.41, 5.74) is 7.63. The van der Waals surface area contributed by atoms with Crippen molar-refractivity contribution in [2.75, 3.05) is 30.0 Å². The van der Waals surface area contributed by atoms with Crippen molar-refractivity contribution in [3.8, 4) is 5.75 Å². The molecule has 4 heteroatoms. The summed E-state index contributed by atoms with van der Waals surface area (Å²) in [5.74, 6) is 2.08. The van der Waals surface area contributed by atoms with Crippen molar-refractivity contribution >= 4 is 23.1 Å². The van der Waals surface area contributed by atoms with Crippen molar-refractivity contribution in [1.29, 1.82) is 0 Å². The van der Waals surface area contributed by atoms with E-state index >= 15 is 0 Å². The van der Waals surface area contributed by atoms with Gasteiger partial charge >= 0.3 is 0 Å². The fraction of sp³-hybridized carbons (Fsp3) is 0.538. The van der Waals surface area contributed by atoms with E-state index in [1.165, 1.54) is 18.6 Å². The van der Waals surface area contributed by atoms with Gasteiger partial charge in [0.1, 0.15) is 5.75 Å². The number of hydrogen-bond donors (Lipinski definition) is 2. The third-order valence-electron chi connectivity index (χ3n) is 2.87. The molecule has 1 aliphatic rings. The van der Waals surface area contributed by atoms with Gasteiger partial charge in [-0.25, -0.2) is 0 Å². The van der Waals surface area contributed by atoms with Crippen LogP contribution >= 0.6 is 11.8 Å². The lowest BCUT2D eigenvalue weighted by atomic mass is 10.2. The molecule has 1 aromatic rings. The molecular formula is C13H20N2OS. The van der Waals surface area contributed by atoms with Gasteiger partial charge in [0.25, 0.3) is 0 Å². The van der Waals surface area contributed by atoms with E-state index in [9.17, 15) is 0 Å². The molecule has 0 saturated carbocycles.